The maximum Gasteiger partial charge on any atom is 0.0756 e. The monoisotopic (exact) mass is 282 g/mol. The summed E-state index contributed by atoms with van der Waals surface area (Å²) in [4.78, 5) is 0. The summed E-state index contributed by atoms with van der Waals surface area (Å²) in [6.07, 6.45) is 10.2. The summed E-state index contributed by atoms with van der Waals surface area (Å²) in [5, 5.41) is 18.6. The maximum absolute atomic E-state index is 3.62. The summed E-state index contributed by atoms with van der Waals surface area (Å²) in [7, 11) is 0. The maximum atomic E-state index is 3.62. The molecule has 1 saturated carbocycles. The highest BCUT2D eigenvalue weighted by molar-refractivity contribution is 8.21. The number of thioether (sulfide) groups is 2. The van der Waals surface area contributed by atoms with Crippen molar-refractivity contribution in [2.24, 2.45) is 0 Å². The van der Waals surface area contributed by atoms with Gasteiger partial charge >= 0.3 is 0 Å². The summed E-state index contributed by atoms with van der Waals surface area (Å²) in [5.41, 5.74) is 0. The smallest absolute Gasteiger partial charge is 0.0756 e. The van der Waals surface area contributed by atoms with Crippen LogP contribution in [-0.2, 0) is 0 Å². The molecule has 1 N–H and O–H groups in total. The largest absolute Gasteiger partial charge is 0.377 e. The lowest BCUT2D eigenvalue weighted by Crippen LogP contribution is -2.28. The molecule has 0 amide bonds. The van der Waals surface area contributed by atoms with Gasteiger partial charge in [0, 0.05) is 16.5 Å². The molecule has 1 aromatic rings. The molecule has 3 rings (SSSR count). The van der Waals surface area contributed by atoms with Crippen LogP contribution in [0.15, 0.2) is 28.9 Å². The minimum atomic E-state index is 0.774. The Morgan fingerprint density at radius 2 is 1.89 bits per heavy atom. The molecule has 6 heteroatoms. The molecule has 0 spiro atoms. The molecule has 4 nitrogen and oxygen atoms in total. The fourth-order valence-electron chi connectivity index (χ4n) is 1.97. The van der Waals surface area contributed by atoms with E-state index in [1.165, 1.54) is 42.2 Å². The minimum Gasteiger partial charge on any atom is -0.377 e. The van der Waals surface area contributed by atoms with E-state index in [0.717, 1.165) is 6.04 Å². The predicted octanol–water partition coefficient (Wildman–Crippen LogP) is 3.02. The van der Waals surface area contributed by atoms with Gasteiger partial charge in [-0.1, -0.05) is 31.0 Å². The number of nitrogens with zero attached hydrogens (tertiary/aromatic N) is 3. The van der Waals surface area contributed by atoms with Gasteiger partial charge in [-0.2, -0.15) is 0 Å². The van der Waals surface area contributed by atoms with Crippen molar-refractivity contribution >= 4 is 23.5 Å². The lowest BCUT2D eigenvalue weighted by atomic mass is 9.96. The van der Waals surface area contributed by atoms with E-state index >= 15 is 0 Å². The van der Waals surface area contributed by atoms with Crippen molar-refractivity contribution in [3.63, 3.8) is 0 Å². The molecule has 1 aromatic heterocycles. The Morgan fingerprint density at radius 1 is 1.11 bits per heavy atom. The summed E-state index contributed by atoms with van der Waals surface area (Å²) >= 11 is 3.86. The van der Waals surface area contributed by atoms with E-state index in [2.05, 4.69) is 26.1 Å². The first-order valence-electron chi connectivity index (χ1n) is 6.24. The SMILES string of the molecule is C1=C(NC2CCCCC2)SCS1.c1cnnnc1. The highest BCUT2D eigenvalue weighted by Crippen LogP contribution is 2.31. The van der Waals surface area contributed by atoms with Crippen molar-refractivity contribution in [2.45, 2.75) is 38.1 Å². The van der Waals surface area contributed by atoms with Crippen molar-refractivity contribution < 1.29 is 0 Å². The second-order valence-corrected chi connectivity index (χ2v) is 6.44. The van der Waals surface area contributed by atoms with Crippen LogP contribution >= 0.6 is 23.5 Å². The first kappa shape index (κ1) is 13.7. The fraction of sp³-hybridized carbons (Fsp3) is 0.583. The standard InChI is InChI=1S/C9H15NS2.C3H3N3/c1-2-4-8(5-3-1)10-9-6-11-7-12-9;1-2-4-6-5-3-1/h6,8,10H,1-5,7H2;1-3H. The molecular formula is C12H18N4S2. The summed E-state index contributed by atoms with van der Waals surface area (Å²) in [5.74, 6) is 0. The van der Waals surface area contributed by atoms with Crippen LogP contribution in [0, 0.1) is 0 Å². The molecule has 1 fully saturated rings. The first-order valence-corrected chi connectivity index (χ1v) is 8.28. The molecule has 0 atom stereocenters. The van der Waals surface area contributed by atoms with E-state index in [0.29, 0.717) is 0 Å². The van der Waals surface area contributed by atoms with Crippen LogP contribution in [0.2, 0.25) is 0 Å². The Morgan fingerprint density at radius 3 is 2.39 bits per heavy atom. The molecular weight excluding hydrogens is 264 g/mol. The van der Waals surface area contributed by atoms with E-state index in [1.54, 1.807) is 18.5 Å². The van der Waals surface area contributed by atoms with Gasteiger partial charge in [-0.15, -0.1) is 22.0 Å². The quantitative estimate of drug-likeness (QED) is 0.900. The number of hydrogen-bond donors (Lipinski definition) is 1. The third-order valence-electron chi connectivity index (χ3n) is 2.83. The molecule has 18 heavy (non-hydrogen) atoms. The van der Waals surface area contributed by atoms with Gasteiger partial charge in [0.2, 0.25) is 0 Å². The normalized spacial score (nSPS) is 19.7. The molecule has 2 heterocycles. The Bertz CT molecular complexity index is 326. The van der Waals surface area contributed by atoms with Crippen LogP contribution < -0.4 is 5.32 Å². The number of hydrogen-bond acceptors (Lipinski definition) is 6. The van der Waals surface area contributed by atoms with Crippen molar-refractivity contribution in [3.8, 4) is 0 Å². The second kappa shape index (κ2) is 8.37. The zero-order chi connectivity index (χ0) is 12.5. The van der Waals surface area contributed by atoms with E-state index in [9.17, 15) is 0 Å². The lowest BCUT2D eigenvalue weighted by Gasteiger charge is -2.23. The lowest BCUT2D eigenvalue weighted by molar-refractivity contribution is 0.402. The summed E-state index contributed by atoms with van der Waals surface area (Å²) in [6.45, 7) is 0. The van der Waals surface area contributed by atoms with Gasteiger partial charge in [0.1, 0.15) is 0 Å². The molecule has 0 radical (unpaired) electrons. The second-order valence-electron chi connectivity index (χ2n) is 4.20. The minimum absolute atomic E-state index is 0.774. The highest BCUT2D eigenvalue weighted by atomic mass is 32.2. The van der Waals surface area contributed by atoms with Crippen LogP contribution in [0.1, 0.15) is 32.1 Å². The van der Waals surface area contributed by atoms with E-state index < -0.39 is 0 Å². The van der Waals surface area contributed by atoms with Gasteiger partial charge in [-0.05, 0) is 24.1 Å². The Balaban J connectivity index is 0.000000169. The van der Waals surface area contributed by atoms with Gasteiger partial charge in [0.05, 0.1) is 17.4 Å². The van der Waals surface area contributed by atoms with E-state index in [4.69, 9.17) is 0 Å². The number of nitrogens with one attached hydrogen (secondary N) is 1. The topological polar surface area (TPSA) is 50.7 Å². The molecule has 1 aliphatic carbocycles. The molecule has 0 unspecified atom stereocenters. The van der Waals surface area contributed by atoms with Crippen LogP contribution in [0.4, 0.5) is 0 Å². The average molecular weight is 282 g/mol. The van der Waals surface area contributed by atoms with Gasteiger partial charge in [0.15, 0.2) is 0 Å². The first-order chi connectivity index (χ1) is 8.95. The van der Waals surface area contributed by atoms with Crippen LogP contribution in [-0.4, -0.2) is 26.5 Å². The fourth-order valence-corrected chi connectivity index (χ4v) is 3.97. The highest BCUT2D eigenvalue weighted by Gasteiger charge is 2.15. The van der Waals surface area contributed by atoms with E-state index in [-0.39, 0.29) is 0 Å². The van der Waals surface area contributed by atoms with Gasteiger partial charge in [0.25, 0.3) is 0 Å². The molecule has 0 aromatic carbocycles. The zero-order valence-electron chi connectivity index (χ0n) is 10.3. The summed E-state index contributed by atoms with van der Waals surface area (Å²) in [6, 6.07) is 2.49. The van der Waals surface area contributed by atoms with Crippen molar-refractivity contribution in [1.29, 1.82) is 0 Å². The third-order valence-corrected chi connectivity index (χ3v) is 4.95. The summed E-state index contributed by atoms with van der Waals surface area (Å²) < 4.78 is 0. The molecule has 2 aliphatic rings. The Kier molecular flexibility index (Phi) is 6.36. The molecule has 98 valence electrons. The van der Waals surface area contributed by atoms with Crippen LogP contribution in [0.3, 0.4) is 0 Å². The Hall–Kier alpha value is -0.750. The van der Waals surface area contributed by atoms with Gasteiger partial charge in [-0.25, -0.2) is 0 Å². The predicted molar refractivity (Wildman–Crippen MR) is 78.0 cm³/mol. The zero-order valence-corrected chi connectivity index (χ0v) is 11.9. The molecule has 0 saturated heterocycles. The van der Waals surface area contributed by atoms with E-state index in [1.807, 2.05) is 23.5 Å². The molecule has 0 bridgehead atoms. The number of aromatic nitrogens is 3. The van der Waals surface area contributed by atoms with Gasteiger partial charge < -0.3 is 5.32 Å². The Labute approximate surface area is 116 Å². The van der Waals surface area contributed by atoms with Crippen molar-refractivity contribution in [3.05, 3.63) is 28.9 Å². The van der Waals surface area contributed by atoms with Crippen molar-refractivity contribution in [1.82, 2.24) is 20.7 Å². The number of rotatable bonds is 2. The van der Waals surface area contributed by atoms with Gasteiger partial charge in [-0.3, -0.25) is 0 Å². The van der Waals surface area contributed by atoms with Crippen LogP contribution in [0.5, 0.6) is 0 Å². The average Bonchev–Trinajstić information content (AvgIpc) is 2.96. The third kappa shape index (κ3) is 5.27. The van der Waals surface area contributed by atoms with Crippen molar-refractivity contribution in [2.75, 3.05) is 5.08 Å². The van der Waals surface area contributed by atoms with Crippen LogP contribution in [0.25, 0.3) is 0 Å². The molecule has 1 aliphatic heterocycles.